The van der Waals surface area contributed by atoms with E-state index in [1.165, 1.54) is 36.4 Å². The largest absolute Gasteiger partial charge is 0.475 e. The van der Waals surface area contributed by atoms with Gasteiger partial charge in [0.05, 0.1) is 4.92 Å². The van der Waals surface area contributed by atoms with Crippen molar-refractivity contribution in [2.45, 2.75) is 6.92 Å². The highest BCUT2D eigenvalue weighted by atomic mass is 19.1. The first-order valence-corrected chi connectivity index (χ1v) is 7.44. The number of benzene rings is 2. The average molecular weight is 362 g/mol. The van der Waals surface area contributed by atoms with Gasteiger partial charge in [0.2, 0.25) is 0 Å². The van der Waals surface area contributed by atoms with Gasteiger partial charge < -0.3 is 14.8 Å². The first-order valence-electron chi connectivity index (χ1n) is 7.44. The van der Waals surface area contributed by atoms with Crippen LogP contribution >= 0.6 is 0 Å². The van der Waals surface area contributed by atoms with Crippen molar-refractivity contribution in [3.8, 4) is 5.75 Å². The van der Waals surface area contributed by atoms with E-state index in [2.05, 4.69) is 5.32 Å². The maximum absolute atomic E-state index is 13.4. The normalized spacial score (nSPS) is 10.1. The zero-order valence-electron chi connectivity index (χ0n) is 13.7. The molecule has 2 rings (SSSR count). The number of anilines is 1. The molecule has 0 fully saturated rings. The number of nitro benzene ring substituents is 1. The van der Waals surface area contributed by atoms with Gasteiger partial charge in [0.1, 0.15) is 5.82 Å². The molecule has 0 aromatic heterocycles. The Balaban J connectivity index is 1.80. The van der Waals surface area contributed by atoms with Gasteiger partial charge >= 0.3 is 11.7 Å². The van der Waals surface area contributed by atoms with E-state index in [1.54, 1.807) is 6.92 Å². The van der Waals surface area contributed by atoms with Crippen LogP contribution in [0.5, 0.6) is 5.75 Å². The van der Waals surface area contributed by atoms with Crippen LogP contribution in [0.2, 0.25) is 0 Å². The van der Waals surface area contributed by atoms with Crippen molar-refractivity contribution >= 4 is 23.3 Å². The van der Waals surface area contributed by atoms with Crippen molar-refractivity contribution in [2.24, 2.45) is 0 Å². The molecule has 0 heterocycles. The molecule has 0 aliphatic rings. The monoisotopic (exact) mass is 362 g/mol. The molecule has 1 amide bonds. The molecular formula is C17H15FN2O6. The number of nitrogens with one attached hydrogen (secondary N) is 1. The summed E-state index contributed by atoms with van der Waals surface area (Å²) in [6, 6.07) is 9.70. The summed E-state index contributed by atoms with van der Waals surface area (Å²) in [5.74, 6) is -2.10. The molecule has 1 N–H and O–H groups in total. The highest BCUT2D eigenvalue weighted by molar-refractivity contribution is 5.92. The number of amides is 1. The van der Waals surface area contributed by atoms with Crippen molar-refractivity contribution < 1.29 is 28.4 Å². The average Bonchev–Trinajstić information content (AvgIpc) is 2.61. The van der Waals surface area contributed by atoms with E-state index in [0.29, 0.717) is 5.56 Å². The second-order valence-corrected chi connectivity index (χ2v) is 5.19. The minimum atomic E-state index is -0.881. The summed E-state index contributed by atoms with van der Waals surface area (Å²) in [5.41, 5.74) is 0.367. The van der Waals surface area contributed by atoms with Gasteiger partial charge in [-0.25, -0.2) is 9.18 Å². The van der Waals surface area contributed by atoms with Crippen LogP contribution in [-0.4, -0.2) is 30.0 Å². The van der Waals surface area contributed by atoms with Gasteiger partial charge in [-0.3, -0.25) is 14.9 Å². The summed E-state index contributed by atoms with van der Waals surface area (Å²) in [6.07, 6.45) is 0. The second kappa shape index (κ2) is 8.56. The zero-order valence-corrected chi connectivity index (χ0v) is 13.7. The van der Waals surface area contributed by atoms with Crippen molar-refractivity contribution in [1.82, 2.24) is 0 Å². The fourth-order valence-electron chi connectivity index (χ4n) is 1.92. The van der Waals surface area contributed by atoms with Crippen LogP contribution in [0, 0.1) is 22.9 Å². The first kappa shape index (κ1) is 18.8. The Morgan fingerprint density at radius 1 is 1.19 bits per heavy atom. The standard InChI is InChI=1S/C17H15FN2O6/c1-11-6-7-12(8-13(11)18)19-16(21)9-26-17(22)10-25-15-5-3-2-4-14(15)20(23)24/h2-8H,9-10H2,1H3,(H,19,21). The van der Waals surface area contributed by atoms with Gasteiger partial charge in [-0.05, 0) is 30.7 Å². The number of aryl methyl sites for hydroxylation is 1. The van der Waals surface area contributed by atoms with Crippen molar-refractivity contribution in [3.05, 3.63) is 64.0 Å². The molecule has 26 heavy (non-hydrogen) atoms. The van der Waals surface area contributed by atoms with Crippen molar-refractivity contribution in [1.29, 1.82) is 0 Å². The number of halogens is 1. The Labute approximate surface area is 147 Å². The lowest BCUT2D eigenvalue weighted by molar-refractivity contribution is -0.385. The topological polar surface area (TPSA) is 108 Å². The molecule has 0 saturated heterocycles. The molecule has 0 atom stereocenters. The third-order valence-electron chi connectivity index (χ3n) is 3.23. The summed E-state index contributed by atoms with van der Waals surface area (Å²) < 4.78 is 23.1. The lowest BCUT2D eigenvalue weighted by Gasteiger charge is -2.08. The van der Waals surface area contributed by atoms with E-state index < -0.39 is 35.8 Å². The predicted molar refractivity (Wildman–Crippen MR) is 89.3 cm³/mol. The molecule has 9 heteroatoms. The van der Waals surface area contributed by atoms with Gasteiger partial charge in [-0.15, -0.1) is 0 Å². The summed E-state index contributed by atoms with van der Waals surface area (Å²) in [6.45, 7) is 0.381. The lowest BCUT2D eigenvalue weighted by atomic mass is 10.2. The van der Waals surface area contributed by atoms with Crippen LogP contribution in [0.3, 0.4) is 0 Å². The highest BCUT2D eigenvalue weighted by Gasteiger charge is 2.16. The van der Waals surface area contributed by atoms with E-state index in [4.69, 9.17) is 9.47 Å². The van der Waals surface area contributed by atoms with Gasteiger partial charge in [0.25, 0.3) is 5.91 Å². The van der Waals surface area contributed by atoms with Gasteiger partial charge in [-0.2, -0.15) is 0 Å². The van der Waals surface area contributed by atoms with Crippen LogP contribution in [0.15, 0.2) is 42.5 Å². The molecular weight excluding hydrogens is 347 g/mol. The molecule has 0 saturated carbocycles. The number of nitro groups is 1. The Hall–Kier alpha value is -3.49. The fourth-order valence-corrected chi connectivity index (χ4v) is 1.92. The zero-order chi connectivity index (χ0) is 19.1. The molecule has 2 aromatic carbocycles. The smallest absolute Gasteiger partial charge is 0.344 e. The Kier molecular flexibility index (Phi) is 6.20. The van der Waals surface area contributed by atoms with Crippen molar-refractivity contribution in [3.63, 3.8) is 0 Å². The van der Waals surface area contributed by atoms with Crippen molar-refractivity contribution in [2.75, 3.05) is 18.5 Å². The number of para-hydroxylation sites is 2. The number of ether oxygens (including phenoxy) is 2. The Morgan fingerprint density at radius 2 is 1.92 bits per heavy atom. The SMILES string of the molecule is Cc1ccc(NC(=O)COC(=O)COc2ccccc2[N+](=O)[O-])cc1F. The molecule has 8 nitrogen and oxygen atoms in total. The molecule has 0 aliphatic heterocycles. The van der Waals surface area contributed by atoms with Crippen LogP contribution < -0.4 is 10.1 Å². The predicted octanol–water partition coefficient (Wildman–Crippen LogP) is 2.60. The summed E-state index contributed by atoms with van der Waals surface area (Å²) in [5, 5.41) is 13.2. The van der Waals surface area contributed by atoms with Crippen LogP contribution in [-0.2, 0) is 14.3 Å². The van der Waals surface area contributed by atoms with Crippen LogP contribution in [0.25, 0.3) is 0 Å². The molecule has 136 valence electrons. The van der Waals surface area contributed by atoms with E-state index >= 15 is 0 Å². The van der Waals surface area contributed by atoms with Gasteiger partial charge in [-0.1, -0.05) is 18.2 Å². The molecule has 0 radical (unpaired) electrons. The van der Waals surface area contributed by atoms with Gasteiger partial charge in [0.15, 0.2) is 19.0 Å². The number of hydrogen-bond donors (Lipinski definition) is 1. The number of hydrogen-bond acceptors (Lipinski definition) is 6. The third-order valence-corrected chi connectivity index (χ3v) is 3.23. The Bertz CT molecular complexity index is 840. The number of rotatable bonds is 7. The maximum atomic E-state index is 13.4. The highest BCUT2D eigenvalue weighted by Crippen LogP contribution is 2.25. The molecule has 0 aliphatic carbocycles. The molecule has 0 spiro atoms. The number of nitrogens with zero attached hydrogens (tertiary/aromatic N) is 1. The van der Waals surface area contributed by atoms with E-state index in [0.717, 1.165) is 6.07 Å². The summed E-state index contributed by atoms with van der Waals surface area (Å²) >= 11 is 0. The second-order valence-electron chi connectivity index (χ2n) is 5.19. The lowest BCUT2D eigenvalue weighted by Crippen LogP contribution is -2.23. The molecule has 0 bridgehead atoms. The molecule has 0 unspecified atom stereocenters. The minimum Gasteiger partial charge on any atom is -0.475 e. The van der Waals surface area contributed by atoms with Crippen LogP contribution in [0.1, 0.15) is 5.56 Å². The van der Waals surface area contributed by atoms with E-state index in [1.807, 2.05) is 0 Å². The minimum absolute atomic E-state index is 0.0889. The molecule has 2 aromatic rings. The van der Waals surface area contributed by atoms with E-state index in [-0.39, 0.29) is 17.1 Å². The summed E-state index contributed by atoms with van der Waals surface area (Å²) in [4.78, 5) is 33.5. The number of carbonyl (C=O) groups is 2. The van der Waals surface area contributed by atoms with Crippen LogP contribution in [0.4, 0.5) is 15.8 Å². The maximum Gasteiger partial charge on any atom is 0.344 e. The third kappa shape index (κ3) is 5.26. The summed E-state index contributed by atoms with van der Waals surface area (Å²) in [7, 11) is 0. The quantitative estimate of drug-likeness (QED) is 0.461. The Morgan fingerprint density at radius 3 is 2.62 bits per heavy atom. The fraction of sp³-hybridized carbons (Fsp3) is 0.176. The van der Waals surface area contributed by atoms with E-state index in [9.17, 15) is 24.1 Å². The number of esters is 1. The first-order chi connectivity index (χ1) is 12.4. The van der Waals surface area contributed by atoms with Gasteiger partial charge in [0, 0.05) is 11.8 Å². The number of carbonyl (C=O) groups excluding carboxylic acids is 2.